The number of hydrogen-bond donors (Lipinski definition) is 1. The monoisotopic (exact) mass is 457 g/mol. The first-order valence-corrected chi connectivity index (χ1v) is 11.2. The lowest BCUT2D eigenvalue weighted by atomic mass is 10.1. The third kappa shape index (κ3) is 3.85. The van der Waals surface area contributed by atoms with Gasteiger partial charge in [0.2, 0.25) is 0 Å². The maximum atomic E-state index is 13.0. The molecule has 0 aliphatic heterocycles. The molecule has 8 heteroatoms. The Balaban J connectivity index is 1.49. The van der Waals surface area contributed by atoms with Crippen LogP contribution in [0.1, 0.15) is 22.8 Å². The van der Waals surface area contributed by atoms with Crippen LogP contribution in [0.15, 0.2) is 70.0 Å². The molecule has 3 heterocycles. The van der Waals surface area contributed by atoms with Crippen LogP contribution in [0, 0.1) is 6.92 Å². The summed E-state index contributed by atoms with van der Waals surface area (Å²) >= 11 is 1.49. The standard InChI is InChI=1S/C25H19N3O4S/c1-3-31-20-11-4-7-15-13-17(25(30)32-21(15)20)22(29)27-18-9-5-8-16(14(18)2)23-28-19-10-6-12-26-24(19)33-23/h4-13H,3H2,1-2H3,(H,27,29). The van der Waals surface area contributed by atoms with Gasteiger partial charge in [0.25, 0.3) is 5.91 Å². The fourth-order valence-electron chi connectivity index (χ4n) is 3.62. The molecule has 0 fully saturated rings. The van der Waals surface area contributed by atoms with E-state index in [9.17, 15) is 9.59 Å². The SMILES string of the molecule is CCOc1cccc2cc(C(=O)Nc3cccc(-c4nc5cccnc5s4)c3C)c(=O)oc12. The summed E-state index contributed by atoms with van der Waals surface area (Å²) < 4.78 is 11.0. The number of ether oxygens (including phenoxy) is 1. The van der Waals surface area contributed by atoms with Crippen molar-refractivity contribution in [2.45, 2.75) is 13.8 Å². The summed E-state index contributed by atoms with van der Waals surface area (Å²) in [5, 5.41) is 4.27. The average molecular weight is 458 g/mol. The van der Waals surface area contributed by atoms with Gasteiger partial charge in [-0.3, -0.25) is 4.79 Å². The van der Waals surface area contributed by atoms with Crippen molar-refractivity contribution in [1.82, 2.24) is 9.97 Å². The molecule has 33 heavy (non-hydrogen) atoms. The van der Waals surface area contributed by atoms with E-state index in [-0.39, 0.29) is 5.56 Å². The normalized spacial score (nSPS) is 11.1. The smallest absolute Gasteiger partial charge is 0.349 e. The lowest BCUT2D eigenvalue weighted by Crippen LogP contribution is -2.21. The molecule has 0 saturated carbocycles. The van der Waals surface area contributed by atoms with Crippen LogP contribution in [0.2, 0.25) is 0 Å². The number of carbonyl (C=O) groups excluding carboxylic acids is 1. The van der Waals surface area contributed by atoms with Crippen molar-refractivity contribution < 1.29 is 13.9 Å². The first kappa shape index (κ1) is 20.8. The predicted molar refractivity (Wildman–Crippen MR) is 129 cm³/mol. The van der Waals surface area contributed by atoms with E-state index in [2.05, 4.69) is 15.3 Å². The molecule has 5 aromatic rings. The van der Waals surface area contributed by atoms with Crippen molar-refractivity contribution in [2.24, 2.45) is 0 Å². The number of carbonyl (C=O) groups is 1. The van der Waals surface area contributed by atoms with Crippen molar-refractivity contribution in [3.8, 4) is 16.3 Å². The number of thiazole rings is 1. The van der Waals surface area contributed by atoms with Crippen LogP contribution in [-0.4, -0.2) is 22.5 Å². The number of pyridine rings is 1. The largest absolute Gasteiger partial charge is 0.490 e. The molecular formula is C25H19N3O4S. The number of rotatable bonds is 5. The van der Waals surface area contributed by atoms with Gasteiger partial charge in [-0.25, -0.2) is 14.8 Å². The highest BCUT2D eigenvalue weighted by molar-refractivity contribution is 7.21. The van der Waals surface area contributed by atoms with Gasteiger partial charge in [0.1, 0.15) is 20.9 Å². The minimum Gasteiger partial charge on any atom is -0.490 e. The number of benzene rings is 2. The van der Waals surface area contributed by atoms with Gasteiger partial charge in [-0.2, -0.15) is 0 Å². The molecule has 0 unspecified atom stereocenters. The van der Waals surface area contributed by atoms with E-state index in [4.69, 9.17) is 9.15 Å². The summed E-state index contributed by atoms with van der Waals surface area (Å²) in [5.41, 5.74) is 2.67. The van der Waals surface area contributed by atoms with Crippen LogP contribution >= 0.6 is 11.3 Å². The van der Waals surface area contributed by atoms with E-state index < -0.39 is 11.5 Å². The highest BCUT2D eigenvalue weighted by atomic mass is 32.1. The second-order valence-corrected chi connectivity index (χ2v) is 8.31. The highest BCUT2D eigenvalue weighted by Crippen LogP contribution is 2.34. The number of aromatic nitrogens is 2. The van der Waals surface area contributed by atoms with Crippen molar-refractivity contribution in [3.63, 3.8) is 0 Å². The molecule has 0 radical (unpaired) electrons. The van der Waals surface area contributed by atoms with E-state index in [0.29, 0.717) is 29.0 Å². The molecule has 1 amide bonds. The average Bonchev–Trinajstić information content (AvgIpc) is 3.24. The molecule has 164 valence electrons. The molecular weight excluding hydrogens is 438 g/mol. The van der Waals surface area contributed by atoms with Gasteiger partial charge >= 0.3 is 5.63 Å². The van der Waals surface area contributed by atoms with E-state index >= 15 is 0 Å². The van der Waals surface area contributed by atoms with Gasteiger partial charge in [0, 0.05) is 22.8 Å². The van der Waals surface area contributed by atoms with Crippen LogP contribution in [0.25, 0.3) is 31.9 Å². The molecule has 3 aromatic heterocycles. The molecule has 0 saturated heterocycles. The van der Waals surface area contributed by atoms with Gasteiger partial charge in [-0.1, -0.05) is 35.6 Å². The molecule has 7 nitrogen and oxygen atoms in total. The Kier molecular flexibility index (Phi) is 5.35. The first-order chi connectivity index (χ1) is 16.0. The Labute approximate surface area is 192 Å². The quantitative estimate of drug-likeness (QED) is 0.354. The van der Waals surface area contributed by atoms with E-state index in [1.54, 1.807) is 30.5 Å². The number of para-hydroxylation sites is 1. The van der Waals surface area contributed by atoms with Crippen LogP contribution in [-0.2, 0) is 0 Å². The van der Waals surface area contributed by atoms with E-state index in [1.807, 2.05) is 38.1 Å². The second kappa shape index (κ2) is 8.48. The number of nitrogens with one attached hydrogen (secondary N) is 1. The maximum absolute atomic E-state index is 13.0. The van der Waals surface area contributed by atoms with Crippen molar-refractivity contribution in [3.05, 3.63) is 82.3 Å². The number of nitrogens with zero attached hydrogens (tertiary/aromatic N) is 2. The summed E-state index contributed by atoms with van der Waals surface area (Å²) in [6.45, 7) is 4.19. The minimum absolute atomic E-state index is 0.0786. The summed E-state index contributed by atoms with van der Waals surface area (Å²) in [6, 6.07) is 16.1. The van der Waals surface area contributed by atoms with Crippen molar-refractivity contribution >= 4 is 44.2 Å². The van der Waals surface area contributed by atoms with Crippen LogP contribution in [0.3, 0.4) is 0 Å². The highest BCUT2D eigenvalue weighted by Gasteiger charge is 2.18. The number of amides is 1. The summed E-state index contributed by atoms with van der Waals surface area (Å²) in [7, 11) is 0. The van der Waals surface area contributed by atoms with Crippen molar-refractivity contribution in [1.29, 1.82) is 0 Å². The predicted octanol–water partition coefficient (Wildman–Crippen LogP) is 5.42. The zero-order valence-corrected chi connectivity index (χ0v) is 18.7. The van der Waals surface area contributed by atoms with Crippen molar-refractivity contribution in [2.75, 3.05) is 11.9 Å². The topological polar surface area (TPSA) is 94.3 Å². The summed E-state index contributed by atoms with van der Waals surface area (Å²) in [4.78, 5) is 35.5. The van der Waals surface area contributed by atoms with Crippen LogP contribution in [0.5, 0.6) is 5.75 Å². The molecule has 0 aliphatic rings. The Morgan fingerprint density at radius 1 is 1.15 bits per heavy atom. The summed E-state index contributed by atoms with van der Waals surface area (Å²) in [6.07, 6.45) is 1.74. The molecule has 0 aliphatic carbocycles. The zero-order valence-electron chi connectivity index (χ0n) is 17.9. The Bertz CT molecular complexity index is 1540. The van der Waals surface area contributed by atoms with Gasteiger partial charge < -0.3 is 14.5 Å². The maximum Gasteiger partial charge on any atom is 0.349 e. The third-order valence-corrected chi connectivity index (χ3v) is 6.26. The van der Waals surface area contributed by atoms with E-state index in [1.165, 1.54) is 17.4 Å². The fourth-order valence-corrected chi connectivity index (χ4v) is 4.61. The number of hydrogen-bond acceptors (Lipinski definition) is 7. The third-order valence-electron chi connectivity index (χ3n) is 5.25. The minimum atomic E-state index is -0.724. The van der Waals surface area contributed by atoms with Crippen LogP contribution < -0.4 is 15.7 Å². The Morgan fingerprint density at radius 2 is 2.00 bits per heavy atom. The van der Waals surface area contributed by atoms with Gasteiger partial charge in [-0.05, 0) is 49.7 Å². The molecule has 5 rings (SSSR count). The van der Waals surface area contributed by atoms with Gasteiger partial charge in [-0.15, -0.1) is 0 Å². The first-order valence-electron chi connectivity index (χ1n) is 10.4. The Hall–Kier alpha value is -4.04. The zero-order chi connectivity index (χ0) is 22.9. The molecule has 0 bridgehead atoms. The number of anilines is 1. The Morgan fingerprint density at radius 3 is 2.82 bits per heavy atom. The second-order valence-electron chi connectivity index (χ2n) is 7.33. The lowest BCUT2D eigenvalue weighted by molar-refractivity contribution is 0.102. The number of fused-ring (bicyclic) bond motifs is 2. The molecule has 1 N–H and O–H groups in total. The van der Waals surface area contributed by atoms with Gasteiger partial charge in [0.05, 0.1) is 6.61 Å². The molecule has 0 atom stereocenters. The van der Waals surface area contributed by atoms with E-state index in [0.717, 1.165) is 26.5 Å². The lowest BCUT2D eigenvalue weighted by Gasteiger charge is -2.11. The summed E-state index contributed by atoms with van der Waals surface area (Å²) in [5.74, 6) is -0.0772. The molecule has 2 aromatic carbocycles. The fraction of sp³-hybridized carbons (Fsp3) is 0.120. The molecule has 0 spiro atoms. The van der Waals surface area contributed by atoms with Gasteiger partial charge in [0.15, 0.2) is 11.3 Å². The van der Waals surface area contributed by atoms with Crippen LogP contribution in [0.4, 0.5) is 5.69 Å².